The molecule has 0 fully saturated rings. The molecule has 0 aliphatic heterocycles. The smallest absolute Gasteiger partial charge is 0.172 e. The van der Waals surface area contributed by atoms with Crippen molar-refractivity contribution >= 4 is 6.29 Å². The maximum atomic E-state index is 10.7. The van der Waals surface area contributed by atoms with Gasteiger partial charge in [0.2, 0.25) is 0 Å². The van der Waals surface area contributed by atoms with E-state index in [-0.39, 0.29) is 0 Å². The zero-order chi connectivity index (χ0) is 11.3. The summed E-state index contributed by atoms with van der Waals surface area (Å²) in [5, 5.41) is 0. The molecule has 0 amide bonds. The van der Waals surface area contributed by atoms with Crippen LogP contribution in [0.15, 0.2) is 24.3 Å². The molecule has 0 bridgehead atoms. The van der Waals surface area contributed by atoms with Gasteiger partial charge in [0.25, 0.3) is 0 Å². The Morgan fingerprint density at radius 2 is 2.33 bits per heavy atom. The number of aryl methyl sites for hydroxylation is 1. The Labute approximate surface area is 89.8 Å². The monoisotopic (exact) mass is 205 g/mol. The summed E-state index contributed by atoms with van der Waals surface area (Å²) in [5.74, 6) is 0.539. The Morgan fingerprint density at radius 1 is 1.60 bits per heavy atom. The van der Waals surface area contributed by atoms with Crippen molar-refractivity contribution < 1.29 is 9.53 Å². The van der Waals surface area contributed by atoms with Gasteiger partial charge in [0.1, 0.15) is 11.4 Å². The molecule has 1 rings (SSSR count). The van der Waals surface area contributed by atoms with Crippen molar-refractivity contribution in [3.8, 4) is 5.75 Å². The second-order valence-corrected chi connectivity index (χ2v) is 3.51. The van der Waals surface area contributed by atoms with Crippen LogP contribution >= 0.6 is 0 Å². The lowest BCUT2D eigenvalue weighted by Gasteiger charge is -2.07. The lowest BCUT2D eigenvalue weighted by atomic mass is 10.2. The molecule has 0 spiro atoms. The highest BCUT2D eigenvalue weighted by atomic mass is 16.5. The summed E-state index contributed by atoms with van der Waals surface area (Å²) in [6, 6.07) is 3.59. The van der Waals surface area contributed by atoms with E-state index in [1.165, 1.54) is 0 Å². The number of carbonyl (C=O) groups is 1. The van der Waals surface area contributed by atoms with Gasteiger partial charge in [0.05, 0.1) is 6.61 Å². The summed E-state index contributed by atoms with van der Waals surface area (Å²) in [5.41, 5.74) is 2.23. The quantitative estimate of drug-likeness (QED) is 0.547. The number of carbonyl (C=O) groups excluding carboxylic acids is 1. The van der Waals surface area contributed by atoms with Gasteiger partial charge in [-0.3, -0.25) is 4.79 Å². The highest BCUT2D eigenvalue weighted by molar-refractivity contribution is 5.76. The van der Waals surface area contributed by atoms with E-state index in [1.807, 2.05) is 19.9 Å². The Hall–Kier alpha value is -1.64. The van der Waals surface area contributed by atoms with Gasteiger partial charge in [-0.2, -0.15) is 0 Å². The van der Waals surface area contributed by atoms with E-state index in [1.54, 1.807) is 6.07 Å². The molecule has 15 heavy (non-hydrogen) atoms. The fourth-order valence-corrected chi connectivity index (χ4v) is 1.11. The van der Waals surface area contributed by atoms with E-state index in [9.17, 15) is 4.79 Å². The zero-order valence-corrected chi connectivity index (χ0v) is 9.12. The number of hydrogen-bond donors (Lipinski definition) is 0. The summed E-state index contributed by atoms with van der Waals surface area (Å²) in [6.45, 7) is 8.09. The van der Waals surface area contributed by atoms with Gasteiger partial charge in [-0.1, -0.05) is 5.57 Å². The van der Waals surface area contributed by atoms with Crippen LogP contribution in [0.4, 0.5) is 0 Å². The molecule has 3 nitrogen and oxygen atoms in total. The Bertz CT molecular complexity index is 372. The predicted molar refractivity (Wildman–Crippen MR) is 59.3 cm³/mol. The van der Waals surface area contributed by atoms with Crippen molar-refractivity contribution in [3.05, 3.63) is 35.7 Å². The minimum Gasteiger partial charge on any atom is -0.491 e. The minimum absolute atomic E-state index is 0.358. The third-order valence-corrected chi connectivity index (χ3v) is 1.92. The lowest BCUT2D eigenvalue weighted by molar-refractivity contribution is 0.111. The molecule has 0 aliphatic rings. The minimum atomic E-state index is 0.358. The number of pyridine rings is 1. The SMILES string of the molecule is C=C(C)CCOc1ccc(C)nc1C=O. The first-order valence-electron chi connectivity index (χ1n) is 4.83. The number of ether oxygens (including phenoxy) is 1. The molecule has 3 heteroatoms. The summed E-state index contributed by atoms with van der Waals surface area (Å²) in [6.07, 6.45) is 1.50. The Balaban J connectivity index is 2.67. The molecule has 0 saturated heterocycles. The van der Waals surface area contributed by atoms with Crippen molar-refractivity contribution in [1.82, 2.24) is 4.98 Å². The first-order valence-corrected chi connectivity index (χ1v) is 4.83. The van der Waals surface area contributed by atoms with Crippen LogP contribution in [0.5, 0.6) is 5.75 Å². The molecule has 0 radical (unpaired) electrons. The van der Waals surface area contributed by atoms with E-state index in [2.05, 4.69) is 11.6 Å². The van der Waals surface area contributed by atoms with Crippen LogP contribution in [0.2, 0.25) is 0 Å². The van der Waals surface area contributed by atoms with Gasteiger partial charge in [0.15, 0.2) is 6.29 Å². The average molecular weight is 205 g/mol. The molecule has 0 N–H and O–H groups in total. The van der Waals surface area contributed by atoms with Crippen molar-refractivity contribution in [2.24, 2.45) is 0 Å². The normalized spacial score (nSPS) is 9.73. The van der Waals surface area contributed by atoms with Crippen molar-refractivity contribution in [2.75, 3.05) is 6.61 Å². The Kier molecular flexibility index (Phi) is 4.03. The number of aromatic nitrogens is 1. The molecule has 1 heterocycles. The van der Waals surface area contributed by atoms with E-state index < -0.39 is 0 Å². The number of hydrogen-bond acceptors (Lipinski definition) is 3. The van der Waals surface area contributed by atoms with Gasteiger partial charge < -0.3 is 4.74 Å². The molecule has 0 atom stereocenters. The zero-order valence-electron chi connectivity index (χ0n) is 9.12. The topological polar surface area (TPSA) is 39.2 Å². The largest absolute Gasteiger partial charge is 0.491 e. The molecular formula is C12H15NO2. The van der Waals surface area contributed by atoms with Gasteiger partial charge in [-0.05, 0) is 26.0 Å². The van der Waals surface area contributed by atoms with Crippen LogP contribution in [0.25, 0.3) is 0 Å². The molecule has 0 aliphatic carbocycles. The molecule has 1 aromatic rings. The van der Waals surface area contributed by atoms with E-state index in [0.29, 0.717) is 24.3 Å². The molecule has 0 saturated carbocycles. The van der Waals surface area contributed by atoms with Gasteiger partial charge in [-0.15, -0.1) is 6.58 Å². The van der Waals surface area contributed by atoms with Gasteiger partial charge in [-0.25, -0.2) is 4.98 Å². The summed E-state index contributed by atoms with van der Waals surface area (Å²) in [7, 11) is 0. The molecule has 1 aromatic heterocycles. The highest BCUT2D eigenvalue weighted by Gasteiger charge is 2.04. The maximum Gasteiger partial charge on any atom is 0.172 e. The molecule has 0 unspecified atom stereocenters. The number of nitrogens with zero attached hydrogens (tertiary/aromatic N) is 1. The molecule has 80 valence electrons. The lowest BCUT2D eigenvalue weighted by Crippen LogP contribution is -2.02. The van der Waals surface area contributed by atoms with Crippen LogP contribution in [0, 0.1) is 6.92 Å². The molecular weight excluding hydrogens is 190 g/mol. The van der Waals surface area contributed by atoms with E-state index in [4.69, 9.17) is 4.74 Å². The third kappa shape index (κ3) is 3.54. The average Bonchev–Trinajstić information content (AvgIpc) is 2.19. The fourth-order valence-electron chi connectivity index (χ4n) is 1.11. The van der Waals surface area contributed by atoms with Crippen LogP contribution in [0.3, 0.4) is 0 Å². The molecule has 0 aromatic carbocycles. The first kappa shape index (κ1) is 11.4. The Morgan fingerprint density at radius 3 is 2.93 bits per heavy atom. The van der Waals surface area contributed by atoms with Crippen LogP contribution in [0.1, 0.15) is 29.5 Å². The second-order valence-electron chi connectivity index (χ2n) is 3.51. The van der Waals surface area contributed by atoms with Crippen molar-refractivity contribution in [1.29, 1.82) is 0 Å². The standard InChI is InChI=1S/C12H15NO2/c1-9(2)6-7-15-12-5-4-10(3)13-11(12)8-14/h4-5,8H,1,6-7H2,2-3H3. The highest BCUT2D eigenvalue weighted by Crippen LogP contribution is 2.15. The van der Waals surface area contributed by atoms with Crippen LogP contribution in [-0.2, 0) is 0 Å². The maximum absolute atomic E-state index is 10.7. The van der Waals surface area contributed by atoms with Crippen LogP contribution in [-0.4, -0.2) is 17.9 Å². The summed E-state index contributed by atoms with van der Waals surface area (Å²) >= 11 is 0. The predicted octanol–water partition coefficient (Wildman–Crippen LogP) is 2.55. The second kappa shape index (κ2) is 5.29. The third-order valence-electron chi connectivity index (χ3n) is 1.92. The summed E-state index contributed by atoms with van der Waals surface area (Å²) < 4.78 is 5.44. The van der Waals surface area contributed by atoms with Gasteiger partial charge in [0, 0.05) is 12.1 Å². The summed E-state index contributed by atoms with van der Waals surface area (Å²) in [4.78, 5) is 14.8. The van der Waals surface area contributed by atoms with Crippen molar-refractivity contribution in [3.63, 3.8) is 0 Å². The van der Waals surface area contributed by atoms with Crippen molar-refractivity contribution in [2.45, 2.75) is 20.3 Å². The van der Waals surface area contributed by atoms with E-state index in [0.717, 1.165) is 17.7 Å². The fraction of sp³-hybridized carbons (Fsp3) is 0.333. The number of rotatable bonds is 5. The van der Waals surface area contributed by atoms with Gasteiger partial charge >= 0.3 is 0 Å². The van der Waals surface area contributed by atoms with E-state index >= 15 is 0 Å². The van der Waals surface area contributed by atoms with Crippen LogP contribution < -0.4 is 4.74 Å². The number of aldehydes is 1. The first-order chi connectivity index (χ1) is 7.13.